The lowest BCUT2D eigenvalue weighted by Crippen LogP contribution is -2.19. The molecular formula is C16H23N3O2. The summed E-state index contributed by atoms with van der Waals surface area (Å²) >= 11 is 0. The molecule has 5 nitrogen and oxygen atoms in total. The van der Waals surface area contributed by atoms with Crippen LogP contribution in [-0.4, -0.2) is 16.7 Å². The lowest BCUT2D eigenvalue weighted by Gasteiger charge is -2.13. The molecule has 0 fully saturated rings. The predicted octanol–water partition coefficient (Wildman–Crippen LogP) is 3.01. The normalized spacial score (nSPS) is 11.1. The van der Waals surface area contributed by atoms with Crippen LogP contribution in [0.4, 0.5) is 0 Å². The molecule has 0 atom stereocenters. The molecular weight excluding hydrogens is 266 g/mol. The minimum Gasteiger partial charge on any atom is -0.483 e. The predicted molar refractivity (Wildman–Crippen MR) is 81.1 cm³/mol. The first-order chi connectivity index (χ1) is 10.0. The van der Waals surface area contributed by atoms with E-state index in [2.05, 4.69) is 42.3 Å². The largest absolute Gasteiger partial charge is 0.483 e. The molecule has 1 aromatic carbocycles. The van der Waals surface area contributed by atoms with Crippen molar-refractivity contribution in [2.45, 2.75) is 40.8 Å². The second-order valence-corrected chi connectivity index (χ2v) is 5.66. The first-order valence-corrected chi connectivity index (χ1v) is 7.27. The quantitative estimate of drug-likeness (QED) is 0.849. The van der Waals surface area contributed by atoms with E-state index in [1.54, 1.807) is 6.92 Å². The van der Waals surface area contributed by atoms with E-state index < -0.39 is 0 Å². The van der Waals surface area contributed by atoms with Crippen LogP contribution in [0.2, 0.25) is 0 Å². The summed E-state index contributed by atoms with van der Waals surface area (Å²) in [5.74, 6) is 2.60. The fourth-order valence-corrected chi connectivity index (χ4v) is 2.02. The Morgan fingerprint density at radius 1 is 1.29 bits per heavy atom. The van der Waals surface area contributed by atoms with Gasteiger partial charge in [0.2, 0.25) is 0 Å². The number of hydrogen-bond acceptors (Lipinski definition) is 5. The number of hydrogen-bond donors (Lipinski definition) is 1. The van der Waals surface area contributed by atoms with Crippen molar-refractivity contribution in [2.75, 3.05) is 6.54 Å². The lowest BCUT2D eigenvalue weighted by molar-refractivity contribution is 0.240. The van der Waals surface area contributed by atoms with Crippen molar-refractivity contribution in [1.82, 2.24) is 15.5 Å². The van der Waals surface area contributed by atoms with Crippen LogP contribution in [0.1, 0.15) is 36.7 Å². The van der Waals surface area contributed by atoms with Gasteiger partial charge >= 0.3 is 0 Å². The molecule has 1 heterocycles. The van der Waals surface area contributed by atoms with Gasteiger partial charge in [-0.15, -0.1) is 0 Å². The SMILES string of the molecule is Cc1ccc(OCc2nc(C)no2)c(CNCC(C)C)c1. The van der Waals surface area contributed by atoms with E-state index in [1.807, 2.05) is 12.1 Å². The van der Waals surface area contributed by atoms with Crippen molar-refractivity contribution < 1.29 is 9.26 Å². The van der Waals surface area contributed by atoms with Crippen molar-refractivity contribution in [3.63, 3.8) is 0 Å². The average Bonchev–Trinajstić information content (AvgIpc) is 2.83. The molecule has 0 bridgehead atoms. The van der Waals surface area contributed by atoms with Crippen LogP contribution < -0.4 is 10.1 Å². The molecule has 1 aromatic heterocycles. The van der Waals surface area contributed by atoms with Crippen LogP contribution in [0.15, 0.2) is 22.7 Å². The summed E-state index contributed by atoms with van der Waals surface area (Å²) in [5, 5.41) is 7.20. The Labute approximate surface area is 125 Å². The smallest absolute Gasteiger partial charge is 0.264 e. The molecule has 0 aliphatic rings. The molecule has 0 unspecified atom stereocenters. The average molecular weight is 289 g/mol. The number of aryl methyl sites for hydroxylation is 2. The van der Waals surface area contributed by atoms with Crippen molar-refractivity contribution in [1.29, 1.82) is 0 Å². The van der Waals surface area contributed by atoms with Gasteiger partial charge in [0.1, 0.15) is 5.75 Å². The van der Waals surface area contributed by atoms with Gasteiger partial charge < -0.3 is 14.6 Å². The molecule has 2 rings (SSSR count). The van der Waals surface area contributed by atoms with Gasteiger partial charge in [-0.2, -0.15) is 4.98 Å². The molecule has 5 heteroatoms. The molecule has 0 amide bonds. The summed E-state index contributed by atoms with van der Waals surface area (Å²) in [4.78, 5) is 4.14. The van der Waals surface area contributed by atoms with Crippen molar-refractivity contribution >= 4 is 0 Å². The first-order valence-electron chi connectivity index (χ1n) is 7.27. The van der Waals surface area contributed by atoms with E-state index in [4.69, 9.17) is 9.26 Å². The third kappa shape index (κ3) is 4.86. The van der Waals surface area contributed by atoms with Crippen LogP contribution in [0.3, 0.4) is 0 Å². The number of nitrogens with one attached hydrogen (secondary N) is 1. The van der Waals surface area contributed by atoms with E-state index >= 15 is 0 Å². The highest BCUT2D eigenvalue weighted by atomic mass is 16.5. The van der Waals surface area contributed by atoms with E-state index in [0.717, 1.165) is 24.4 Å². The third-order valence-corrected chi connectivity index (χ3v) is 3.00. The van der Waals surface area contributed by atoms with E-state index in [9.17, 15) is 0 Å². The van der Waals surface area contributed by atoms with Crippen LogP contribution in [0.5, 0.6) is 5.75 Å². The molecule has 0 radical (unpaired) electrons. The molecule has 1 N–H and O–H groups in total. The van der Waals surface area contributed by atoms with Gasteiger partial charge in [0.15, 0.2) is 12.4 Å². The Morgan fingerprint density at radius 2 is 2.10 bits per heavy atom. The van der Waals surface area contributed by atoms with Crippen molar-refractivity contribution in [3.05, 3.63) is 41.0 Å². The second kappa shape index (κ2) is 7.22. The Kier molecular flexibility index (Phi) is 5.33. The topological polar surface area (TPSA) is 60.2 Å². The number of rotatable bonds is 7. The zero-order chi connectivity index (χ0) is 15.2. The van der Waals surface area contributed by atoms with Crippen LogP contribution in [0, 0.1) is 19.8 Å². The minimum atomic E-state index is 0.293. The summed E-state index contributed by atoms with van der Waals surface area (Å²) in [6, 6.07) is 6.17. The lowest BCUT2D eigenvalue weighted by atomic mass is 10.1. The molecule has 0 spiro atoms. The summed E-state index contributed by atoms with van der Waals surface area (Å²) in [6.45, 7) is 10.3. The highest BCUT2D eigenvalue weighted by Crippen LogP contribution is 2.21. The molecule has 0 aliphatic carbocycles. The van der Waals surface area contributed by atoms with Gasteiger partial charge in [0.05, 0.1) is 0 Å². The fourth-order valence-electron chi connectivity index (χ4n) is 2.02. The Bertz CT molecular complexity index is 579. The van der Waals surface area contributed by atoms with Crippen molar-refractivity contribution in [2.24, 2.45) is 5.92 Å². The number of ether oxygens (including phenoxy) is 1. The molecule has 21 heavy (non-hydrogen) atoms. The highest BCUT2D eigenvalue weighted by molar-refractivity contribution is 5.36. The summed E-state index contributed by atoms with van der Waals surface area (Å²) in [7, 11) is 0. The van der Waals surface area contributed by atoms with Crippen LogP contribution in [0.25, 0.3) is 0 Å². The zero-order valence-corrected chi connectivity index (χ0v) is 13.1. The van der Waals surface area contributed by atoms with Crippen molar-refractivity contribution in [3.8, 4) is 5.75 Å². The van der Waals surface area contributed by atoms with E-state index in [1.165, 1.54) is 5.56 Å². The first kappa shape index (κ1) is 15.5. The number of nitrogens with zero attached hydrogens (tertiary/aromatic N) is 2. The van der Waals surface area contributed by atoms with E-state index in [-0.39, 0.29) is 0 Å². The van der Waals surface area contributed by atoms with Gasteiger partial charge in [-0.1, -0.05) is 36.7 Å². The maximum Gasteiger partial charge on any atom is 0.264 e. The zero-order valence-electron chi connectivity index (χ0n) is 13.1. The second-order valence-electron chi connectivity index (χ2n) is 5.66. The fraction of sp³-hybridized carbons (Fsp3) is 0.500. The summed E-state index contributed by atoms with van der Waals surface area (Å²) in [5.41, 5.74) is 2.37. The third-order valence-electron chi connectivity index (χ3n) is 3.00. The monoisotopic (exact) mass is 289 g/mol. The Hall–Kier alpha value is -1.88. The van der Waals surface area contributed by atoms with Crippen LogP contribution in [-0.2, 0) is 13.2 Å². The standard InChI is InChI=1S/C16H23N3O2/c1-11(2)8-17-9-14-7-12(3)5-6-15(14)20-10-16-18-13(4)19-21-16/h5-7,11,17H,8-10H2,1-4H3. The molecule has 0 saturated carbocycles. The van der Waals surface area contributed by atoms with Gasteiger partial charge in [0.25, 0.3) is 5.89 Å². The number of aromatic nitrogens is 2. The summed E-state index contributed by atoms with van der Waals surface area (Å²) < 4.78 is 10.9. The molecule has 0 saturated heterocycles. The Morgan fingerprint density at radius 3 is 2.76 bits per heavy atom. The van der Waals surface area contributed by atoms with Crippen LogP contribution >= 0.6 is 0 Å². The maximum absolute atomic E-state index is 5.81. The van der Waals surface area contributed by atoms with E-state index in [0.29, 0.717) is 24.2 Å². The summed E-state index contributed by atoms with van der Waals surface area (Å²) in [6.07, 6.45) is 0. The number of benzene rings is 1. The molecule has 114 valence electrons. The molecule has 0 aliphatic heterocycles. The van der Waals surface area contributed by atoms with Gasteiger partial charge in [-0.05, 0) is 32.4 Å². The Balaban J connectivity index is 2.00. The van der Waals surface area contributed by atoms with Gasteiger partial charge in [-0.3, -0.25) is 0 Å². The van der Waals surface area contributed by atoms with Gasteiger partial charge in [0, 0.05) is 12.1 Å². The molecule has 2 aromatic rings. The highest BCUT2D eigenvalue weighted by Gasteiger charge is 2.08. The maximum atomic E-state index is 5.81. The van der Waals surface area contributed by atoms with Gasteiger partial charge in [-0.25, -0.2) is 0 Å². The minimum absolute atomic E-state index is 0.293.